The summed E-state index contributed by atoms with van der Waals surface area (Å²) in [5.74, 6) is 1.13. The zero-order valence-corrected chi connectivity index (χ0v) is 9.47. The van der Waals surface area contributed by atoms with Crippen molar-refractivity contribution in [3.8, 4) is 22.6 Å². The summed E-state index contributed by atoms with van der Waals surface area (Å²) in [6.45, 7) is 0. The van der Waals surface area contributed by atoms with Crippen molar-refractivity contribution in [1.82, 2.24) is 0 Å². The molecule has 0 heterocycles. The van der Waals surface area contributed by atoms with E-state index >= 15 is 0 Å². The van der Waals surface area contributed by atoms with Crippen molar-refractivity contribution in [2.45, 2.75) is 0 Å². The molecule has 0 aliphatic heterocycles. The first-order valence-corrected chi connectivity index (χ1v) is 4.96. The van der Waals surface area contributed by atoms with E-state index in [0.717, 1.165) is 0 Å². The molecule has 5 heteroatoms. The van der Waals surface area contributed by atoms with Crippen molar-refractivity contribution in [3.05, 3.63) is 40.4 Å². The van der Waals surface area contributed by atoms with Crippen LogP contribution in [0.25, 0.3) is 11.1 Å². The highest BCUT2D eigenvalue weighted by Crippen LogP contribution is 2.42. The smallest absolute Gasteiger partial charge is 0.281 e. The monoisotopic (exact) mass is 233 g/mol. The number of hydrogen-bond acceptors (Lipinski definition) is 4. The molecule has 0 aromatic carbocycles. The Bertz CT molecular complexity index is 538. The Morgan fingerprint density at radius 1 is 1.06 bits per heavy atom. The van der Waals surface area contributed by atoms with Gasteiger partial charge in [-0.2, -0.15) is 0 Å². The lowest BCUT2D eigenvalue weighted by atomic mass is 10.2. The van der Waals surface area contributed by atoms with E-state index in [2.05, 4.69) is 0 Å². The predicted molar refractivity (Wildman–Crippen MR) is 62.8 cm³/mol. The fourth-order valence-corrected chi connectivity index (χ4v) is 1.74. The highest BCUT2D eigenvalue weighted by molar-refractivity contribution is 5.83. The number of ether oxygens (including phenoxy) is 2. The van der Waals surface area contributed by atoms with Crippen molar-refractivity contribution in [1.29, 1.82) is 0 Å². The molecule has 0 bridgehead atoms. The summed E-state index contributed by atoms with van der Waals surface area (Å²) in [6.07, 6.45) is 0. The molecule has 2 rings (SSSR count). The van der Waals surface area contributed by atoms with Crippen LogP contribution in [0.1, 0.15) is 0 Å². The van der Waals surface area contributed by atoms with Gasteiger partial charge in [0.25, 0.3) is 5.69 Å². The van der Waals surface area contributed by atoms with Crippen molar-refractivity contribution >= 4 is 5.69 Å². The third kappa shape index (κ3) is 1.87. The van der Waals surface area contributed by atoms with Gasteiger partial charge in [-0.15, -0.1) is 0 Å². The molecule has 17 heavy (non-hydrogen) atoms. The van der Waals surface area contributed by atoms with Gasteiger partial charge in [-0.3, -0.25) is 10.1 Å². The van der Waals surface area contributed by atoms with Crippen molar-refractivity contribution in [2.75, 3.05) is 14.2 Å². The molecule has 0 saturated heterocycles. The molecule has 0 atom stereocenters. The number of methoxy groups -OCH3 is 2. The largest absolute Gasteiger partial charge is 0.497 e. The van der Waals surface area contributed by atoms with Crippen molar-refractivity contribution in [3.63, 3.8) is 0 Å². The maximum atomic E-state index is 10.9. The van der Waals surface area contributed by atoms with Gasteiger partial charge in [0.2, 0.25) is 0 Å². The van der Waals surface area contributed by atoms with E-state index < -0.39 is 4.92 Å². The molecule has 0 radical (unpaired) electrons. The molecule has 0 saturated carbocycles. The summed E-state index contributed by atoms with van der Waals surface area (Å²) in [5.41, 5.74) is 1.27. The van der Waals surface area contributed by atoms with Crippen LogP contribution in [0, 0.1) is 10.1 Å². The second-order valence-corrected chi connectivity index (χ2v) is 3.46. The molecule has 5 nitrogen and oxygen atoms in total. The van der Waals surface area contributed by atoms with Crippen LogP contribution < -0.4 is 9.47 Å². The summed E-state index contributed by atoms with van der Waals surface area (Å²) in [4.78, 5) is 10.5. The molecule has 0 fully saturated rings. The first-order chi connectivity index (χ1) is 8.17. The molecule has 2 aliphatic carbocycles. The number of fused-ring (bicyclic) bond motifs is 1. The fraction of sp³-hybridized carbons (Fsp3) is 0.167. The highest BCUT2D eigenvalue weighted by atomic mass is 16.6. The molecule has 0 unspecified atom stereocenters. The number of hydrogen-bond donors (Lipinski definition) is 0. The molecule has 0 aromatic heterocycles. The zero-order chi connectivity index (χ0) is 12.4. The molecule has 0 N–H and O–H groups in total. The van der Waals surface area contributed by atoms with Gasteiger partial charge in [0.1, 0.15) is 11.5 Å². The van der Waals surface area contributed by atoms with Crippen LogP contribution in [0.2, 0.25) is 0 Å². The predicted octanol–water partition coefficient (Wildman–Crippen LogP) is 2.72. The van der Waals surface area contributed by atoms with E-state index in [4.69, 9.17) is 9.47 Å². The van der Waals surface area contributed by atoms with E-state index in [1.807, 2.05) is 0 Å². The van der Waals surface area contributed by atoms with Crippen LogP contribution in [0.4, 0.5) is 5.69 Å². The van der Waals surface area contributed by atoms with Gasteiger partial charge in [0.05, 0.1) is 30.8 Å². The molecule has 88 valence electrons. The Balaban J connectivity index is 2.70. The van der Waals surface area contributed by atoms with E-state index in [1.165, 1.54) is 13.2 Å². The van der Waals surface area contributed by atoms with E-state index in [-0.39, 0.29) is 5.69 Å². The first-order valence-electron chi connectivity index (χ1n) is 4.96. The Kier molecular flexibility index (Phi) is 2.82. The normalized spacial score (nSPS) is 10.2. The maximum Gasteiger partial charge on any atom is 0.281 e. The molecule has 0 aromatic rings. The average Bonchev–Trinajstić information content (AvgIpc) is 2.54. The second kappa shape index (κ2) is 4.29. The van der Waals surface area contributed by atoms with Crippen LogP contribution in [0.5, 0.6) is 11.5 Å². The topological polar surface area (TPSA) is 61.6 Å². The summed E-state index contributed by atoms with van der Waals surface area (Å²) in [6, 6.07) is 8.27. The van der Waals surface area contributed by atoms with Crippen LogP contribution in [0.3, 0.4) is 0 Å². The van der Waals surface area contributed by atoms with Gasteiger partial charge in [0.15, 0.2) is 0 Å². The Hall–Kier alpha value is -2.30. The highest BCUT2D eigenvalue weighted by Gasteiger charge is 2.23. The van der Waals surface area contributed by atoms with Crippen LogP contribution in [-0.2, 0) is 0 Å². The van der Waals surface area contributed by atoms with Crippen LogP contribution >= 0.6 is 0 Å². The van der Waals surface area contributed by atoms with Gasteiger partial charge in [-0.05, 0) is 24.3 Å². The van der Waals surface area contributed by atoms with Crippen LogP contribution in [0.15, 0.2) is 30.3 Å². The molecular formula is C12H11NO4. The number of rotatable bonds is 3. The van der Waals surface area contributed by atoms with Gasteiger partial charge in [0, 0.05) is 5.56 Å². The maximum absolute atomic E-state index is 10.9. The van der Waals surface area contributed by atoms with Crippen LogP contribution in [-0.4, -0.2) is 19.1 Å². The first kappa shape index (κ1) is 11.2. The van der Waals surface area contributed by atoms with E-state index in [0.29, 0.717) is 22.6 Å². The summed E-state index contributed by atoms with van der Waals surface area (Å²) < 4.78 is 10.2. The molecular weight excluding hydrogens is 222 g/mol. The molecule has 0 amide bonds. The SMILES string of the molecule is COc1ccc2c(OC)cc([N+](=O)[O-])c-2cc1. The average molecular weight is 233 g/mol. The Morgan fingerprint density at radius 2 is 1.71 bits per heavy atom. The summed E-state index contributed by atoms with van der Waals surface area (Å²) in [7, 11) is 3.04. The lowest BCUT2D eigenvalue weighted by molar-refractivity contribution is -0.383. The third-order valence-electron chi connectivity index (χ3n) is 2.58. The summed E-state index contributed by atoms with van der Waals surface area (Å²) in [5, 5.41) is 10.9. The van der Waals surface area contributed by atoms with Crippen molar-refractivity contribution < 1.29 is 14.4 Å². The Labute approximate surface area is 98.1 Å². The van der Waals surface area contributed by atoms with Gasteiger partial charge >= 0.3 is 0 Å². The molecule has 0 spiro atoms. The summed E-state index contributed by atoms with van der Waals surface area (Å²) >= 11 is 0. The number of nitrogens with zero attached hydrogens (tertiary/aromatic N) is 1. The number of nitro groups is 1. The quantitative estimate of drug-likeness (QED) is 0.604. The van der Waals surface area contributed by atoms with E-state index in [1.54, 1.807) is 31.4 Å². The molecule has 2 aliphatic rings. The zero-order valence-electron chi connectivity index (χ0n) is 9.47. The van der Waals surface area contributed by atoms with Gasteiger partial charge < -0.3 is 9.47 Å². The minimum Gasteiger partial charge on any atom is -0.497 e. The lowest BCUT2D eigenvalue weighted by Gasteiger charge is -1.96. The minimum atomic E-state index is -0.419. The minimum absolute atomic E-state index is 0.0371. The lowest BCUT2D eigenvalue weighted by Crippen LogP contribution is -1.85. The standard InChI is InChI=1S/C12H11NO4/c1-16-8-3-5-9-10(6-4-8)12(17-2)7-11(9)13(14)15/h3-7H,1-2H3. The van der Waals surface area contributed by atoms with E-state index in [9.17, 15) is 10.1 Å². The van der Waals surface area contributed by atoms with Gasteiger partial charge in [-0.1, -0.05) is 0 Å². The van der Waals surface area contributed by atoms with Crippen molar-refractivity contribution in [2.24, 2.45) is 0 Å². The second-order valence-electron chi connectivity index (χ2n) is 3.46. The fourth-order valence-electron chi connectivity index (χ4n) is 1.74. The Morgan fingerprint density at radius 3 is 2.24 bits per heavy atom. The van der Waals surface area contributed by atoms with Gasteiger partial charge in [-0.25, -0.2) is 0 Å². The third-order valence-corrected chi connectivity index (χ3v) is 2.58.